The number of halogens is 1. The quantitative estimate of drug-likeness (QED) is 0.833. The zero-order valence-corrected chi connectivity index (χ0v) is 10.4. The number of pyridine rings is 1. The molecule has 2 heterocycles. The fraction of sp³-hybridized carbons (Fsp3) is 0.500. The van der Waals surface area contributed by atoms with Crippen LogP contribution in [0.4, 0.5) is 11.5 Å². The third-order valence-corrected chi connectivity index (χ3v) is 3.38. The van der Waals surface area contributed by atoms with Gasteiger partial charge in [0.15, 0.2) is 0 Å². The summed E-state index contributed by atoms with van der Waals surface area (Å²) in [7, 11) is 2.14. The van der Waals surface area contributed by atoms with Crippen LogP contribution < -0.4 is 10.6 Å². The Morgan fingerprint density at radius 2 is 2.00 bits per heavy atom. The highest BCUT2D eigenvalue weighted by Gasteiger charge is 2.15. The van der Waals surface area contributed by atoms with Crippen molar-refractivity contribution in [3.05, 3.63) is 16.7 Å². The van der Waals surface area contributed by atoms with Crippen molar-refractivity contribution >= 4 is 27.4 Å². The van der Waals surface area contributed by atoms with Gasteiger partial charge in [-0.3, -0.25) is 0 Å². The van der Waals surface area contributed by atoms with Crippen molar-refractivity contribution < 1.29 is 0 Å². The van der Waals surface area contributed by atoms with Gasteiger partial charge in [-0.05, 0) is 29.0 Å². The monoisotopic (exact) mass is 270 g/mol. The van der Waals surface area contributed by atoms with Gasteiger partial charge in [0.25, 0.3) is 0 Å². The van der Waals surface area contributed by atoms with Crippen molar-refractivity contribution in [2.75, 3.05) is 43.9 Å². The Hall–Kier alpha value is -0.810. The second-order valence-electron chi connectivity index (χ2n) is 3.85. The number of anilines is 2. The molecule has 0 unspecified atom stereocenters. The van der Waals surface area contributed by atoms with Crippen molar-refractivity contribution in [2.45, 2.75) is 0 Å². The number of nitrogens with two attached hydrogens (primary N) is 1. The maximum Gasteiger partial charge on any atom is 0.129 e. The minimum Gasteiger partial charge on any atom is -0.397 e. The average molecular weight is 271 g/mol. The van der Waals surface area contributed by atoms with Crippen LogP contribution in [-0.2, 0) is 0 Å². The molecule has 1 aromatic heterocycles. The van der Waals surface area contributed by atoms with E-state index in [1.54, 1.807) is 6.20 Å². The Balaban J connectivity index is 2.12. The van der Waals surface area contributed by atoms with Crippen LogP contribution in [0.5, 0.6) is 0 Å². The van der Waals surface area contributed by atoms with Gasteiger partial charge in [-0.15, -0.1) is 0 Å². The third-order valence-electron chi connectivity index (χ3n) is 2.69. The normalized spacial score (nSPS) is 18.1. The molecule has 15 heavy (non-hydrogen) atoms. The van der Waals surface area contributed by atoms with Crippen LogP contribution in [-0.4, -0.2) is 43.1 Å². The molecule has 4 nitrogen and oxygen atoms in total. The highest BCUT2D eigenvalue weighted by atomic mass is 79.9. The molecule has 0 aliphatic carbocycles. The Morgan fingerprint density at radius 3 is 2.60 bits per heavy atom. The molecule has 1 fully saturated rings. The zero-order chi connectivity index (χ0) is 10.8. The molecule has 82 valence electrons. The van der Waals surface area contributed by atoms with E-state index in [9.17, 15) is 0 Å². The molecule has 0 radical (unpaired) electrons. The predicted octanol–water partition coefficient (Wildman–Crippen LogP) is 1.18. The van der Waals surface area contributed by atoms with E-state index >= 15 is 0 Å². The lowest BCUT2D eigenvalue weighted by Gasteiger charge is -2.33. The highest BCUT2D eigenvalue weighted by Crippen LogP contribution is 2.23. The molecule has 1 aliphatic rings. The van der Waals surface area contributed by atoms with E-state index in [2.05, 4.69) is 37.8 Å². The van der Waals surface area contributed by atoms with Crippen molar-refractivity contribution in [3.8, 4) is 0 Å². The maximum atomic E-state index is 5.70. The van der Waals surface area contributed by atoms with Gasteiger partial charge in [0, 0.05) is 30.7 Å². The number of hydrogen-bond acceptors (Lipinski definition) is 4. The lowest BCUT2D eigenvalue weighted by molar-refractivity contribution is 0.312. The van der Waals surface area contributed by atoms with Crippen molar-refractivity contribution in [2.24, 2.45) is 0 Å². The first-order valence-corrected chi connectivity index (χ1v) is 5.80. The summed E-state index contributed by atoms with van der Waals surface area (Å²) in [5.41, 5.74) is 6.39. The average Bonchev–Trinajstić information content (AvgIpc) is 2.23. The summed E-state index contributed by atoms with van der Waals surface area (Å²) in [5, 5.41) is 0. The lowest BCUT2D eigenvalue weighted by atomic mass is 10.3. The van der Waals surface area contributed by atoms with E-state index in [1.165, 1.54) is 0 Å². The molecular weight excluding hydrogens is 256 g/mol. The van der Waals surface area contributed by atoms with Crippen molar-refractivity contribution in [3.63, 3.8) is 0 Å². The molecule has 0 bridgehead atoms. The maximum absolute atomic E-state index is 5.70. The summed E-state index contributed by atoms with van der Waals surface area (Å²) in [6.07, 6.45) is 1.71. The minimum absolute atomic E-state index is 0.688. The van der Waals surface area contributed by atoms with E-state index in [0.29, 0.717) is 5.69 Å². The van der Waals surface area contributed by atoms with E-state index in [0.717, 1.165) is 36.5 Å². The molecule has 0 saturated carbocycles. The molecular formula is C10H15BrN4. The molecule has 1 saturated heterocycles. The van der Waals surface area contributed by atoms with Gasteiger partial charge < -0.3 is 15.5 Å². The van der Waals surface area contributed by atoms with E-state index in [1.807, 2.05) is 6.07 Å². The van der Waals surface area contributed by atoms with Gasteiger partial charge in [-0.25, -0.2) is 4.98 Å². The van der Waals surface area contributed by atoms with Crippen LogP contribution >= 0.6 is 15.9 Å². The molecule has 0 atom stereocenters. The number of hydrogen-bond donors (Lipinski definition) is 1. The van der Waals surface area contributed by atoms with E-state index in [4.69, 9.17) is 5.73 Å². The molecule has 0 spiro atoms. The second-order valence-corrected chi connectivity index (χ2v) is 4.71. The highest BCUT2D eigenvalue weighted by molar-refractivity contribution is 9.10. The Kier molecular flexibility index (Phi) is 3.11. The number of nitrogen functional groups attached to an aromatic ring is 1. The fourth-order valence-corrected chi connectivity index (χ4v) is 1.95. The van der Waals surface area contributed by atoms with E-state index in [-0.39, 0.29) is 0 Å². The number of likely N-dealkylation sites (N-methyl/N-ethyl adjacent to an activating group) is 1. The van der Waals surface area contributed by atoms with Crippen LogP contribution in [0.25, 0.3) is 0 Å². The van der Waals surface area contributed by atoms with Gasteiger partial charge in [0.1, 0.15) is 5.82 Å². The molecule has 5 heteroatoms. The topological polar surface area (TPSA) is 45.4 Å². The number of nitrogens with zero attached hydrogens (tertiary/aromatic N) is 3. The Labute approximate surface area is 98.2 Å². The Bertz CT molecular complexity index is 347. The SMILES string of the molecule is CN1CCN(c2cc(Br)c(N)cn2)CC1. The summed E-state index contributed by atoms with van der Waals surface area (Å²) < 4.78 is 0.923. The summed E-state index contributed by atoms with van der Waals surface area (Å²) in [6.45, 7) is 4.23. The van der Waals surface area contributed by atoms with Crippen LogP contribution in [0.15, 0.2) is 16.7 Å². The molecule has 0 aromatic carbocycles. The second kappa shape index (κ2) is 4.37. The first-order chi connectivity index (χ1) is 7.16. The van der Waals surface area contributed by atoms with Crippen molar-refractivity contribution in [1.82, 2.24) is 9.88 Å². The first kappa shape index (κ1) is 10.7. The van der Waals surface area contributed by atoms with Crippen LogP contribution in [0.3, 0.4) is 0 Å². The molecule has 2 N–H and O–H groups in total. The van der Waals surface area contributed by atoms with Gasteiger partial charge in [0.05, 0.1) is 11.9 Å². The predicted molar refractivity (Wildman–Crippen MR) is 66.1 cm³/mol. The van der Waals surface area contributed by atoms with E-state index < -0.39 is 0 Å². The first-order valence-electron chi connectivity index (χ1n) is 5.01. The minimum atomic E-state index is 0.688. The molecule has 0 amide bonds. The van der Waals surface area contributed by atoms with Crippen molar-refractivity contribution in [1.29, 1.82) is 0 Å². The number of piperazine rings is 1. The van der Waals surface area contributed by atoms with Crippen LogP contribution in [0.1, 0.15) is 0 Å². The summed E-state index contributed by atoms with van der Waals surface area (Å²) in [6, 6.07) is 1.99. The lowest BCUT2D eigenvalue weighted by Crippen LogP contribution is -2.44. The summed E-state index contributed by atoms with van der Waals surface area (Å²) in [4.78, 5) is 8.94. The van der Waals surface area contributed by atoms with Gasteiger partial charge >= 0.3 is 0 Å². The molecule has 1 aliphatic heterocycles. The van der Waals surface area contributed by atoms with Gasteiger partial charge in [-0.2, -0.15) is 0 Å². The standard InChI is InChI=1S/C10H15BrN4/c1-14-2-4-15(5-3-14)10-6-8(11)9(12)7-13-10/h6-7H,2-5,12H2,1H3. The number of aromatic nitrogens is 1. The third kappa shape index (κ3) is 2.41. The Morgan fingerprint density at radius 1 is 1.33 bits per heavy atom. The van der Waals surface area contributed by atoms with Crippen LogP contribution in [0, 0.1) is 0 Å². The zero-order valence-electron chi connectivity index (χ0n) is 8.78. The van der Waals surface area contributed by atoms with Crippen LogP contribution in [0.2, 0.25) is 0 Å². The molecule has 2 rings (SSSR count). The fourth-order valence-electron chi connectivity index (χ4n) is 1.64. The largest absolute Gasteiger partial charge is 0.397 e. The molecule has 1 aromatic rings. The smallest absolute Gasteiger partial charge is 0.129 e. The van der Waals surface area contributed by atoms with Gasteiger partial charge in [0.2, 0.25) is 0 Å². The van der Waals surface area contributed by atoms with Gasteiger partial charge in [-0.1, -0.05) is 0 Å². The summed E-state index contributed by atoms with van der Waals surface area (Å²) >= 11 is 3.42. The number of rotatable bonds is 1. The summed E-state index contributed by atoms with van der Waals surface area (Å²) in [5.74, 6) is 1.00.